The van der Waals surface area contributed by atoms with Crippen LogP contribution in [-0.2, 0) is 11.3 Å². The van der Waals surface area contributed by atoms with Gasteiger partial charge in [0.15, 0.2) is 0 Å². The predicted molar refractivity (Wildman–Crippen MR) is 86.1 cm³/mol. The first-order valence-corrected chi connectivity index (χ1v) is 7.62. The van der Waals surface area contributed by atoms with Crippen molar-refractivity contribution >= 4 is 6.09 Å². The molecule has 6 nitrogen and oxygen atoms in total. The first-order chi connectivity index (χ1) is 10.8. The highest BCUT2D eigenvalue weighted by Gasteiger charge is 2.38. The summed E-state index contributed by atoms with van der Waals surface area (Å²) in [5.74, 6) is 0.576. The van der Waals surface area contributed by atoms with Gasteiger partial charge in [-0.2, -0.15) is 5.26 Å². The topological polar surface area (TPSA) is 83.4 Å². The molecule has 1 aromatic rings. The van der Waals surface area contributed by atoms with Gasteiger partial charge in [-0.3, -0.25) is 0 Å². The van der Waals surface area contributed by atoms with Gasteiger partial charge in [-0.15, -0.1) is 0 Å². The van der Waals surface area contributed by atoms with Crippen LogP contribution in [-0.4, -0.2) is 30.9 Å². The van der Waals surface area contributed by atoms with Crippen LogP contribution in [0.1, 0.15) is 38.3 Å². The second kappa shape index (κ2) is 6.88. The Kier molecular flexibility index (Phi) is 5.12. The molecule has 1 amide bonds. The molecule has 1 fully saturated rings. The summed E-state index contributed by atoms with van der Waals surface area (Å²) in [7, 11) is 1.55. The summed E-state index contributed by atoms with van der Waals surface area (Å²) in [6, 6.07) is 7.97. The van der Waals surface area contributed by atoms with E-state index in [1.54, 1.807) is 13.2 Å². The Labute approximate surface area is 136 Å². The van der Waals surface area contributed by atoms with Gasteiger partial charge in [0, 0.05) is 18.6 Å². The van der Waals surface area contributed by atoms with E-state index >= 15 is 0 Å². The van der Waals surface area contributed by atoms with Crippen molar-refractivity contribution in [3.63, 3.8) is 0 Å². The number of rotatable bonds is 5. The molecule has 0 heterocycles. The molecule has 0 saturated heterocycles. The summed E-state index contributed by atoms with van der Waals surface area (Å²) in [4.78, 5) is 11.7. The normalized spacial score (nSPS) is 19.6. The van der Waals surface area contributed by atoms with Crippen LogP contribution in [0, 0.1) is 11.3 Å². The van der Waals surface area contributed by atoms with Gasteiger partial charge in [-0.25, -0.2) is 4.79 Å². The zero-order valence-electron chi connectivity index (χ0n) is 14.0. The number of nitrogens with one attached hydrogen (secondary N) is 2. The number of hydrogen-bond donors (Lipinski definition) is 2. The largest absolute Gasteiger partial charge is 0.495 e. The lowest BCUT2D eigenvalue weighted by Gasteiger charge is -2.19. The van der Waals surface area contributed by atoms with Crippen LogP contribution in [0.2, 0.25) is 0 Å². The van der Waals surface area contributed by atoms with Gasteiger partial charge in [0.25, 0.3) is 0 Å². The van der Waals surface area contributed by atoms with Crippen molar-refractivity contribution < 1.29 is 14.3 Å². The molecule has 1 aliphatic carbocycles. The molecule has 0 bridgehead atoms. The molecule has 124 valence electrons. The van der Waals surface area contributed by atoms with E-state index < -0.39 is 5.60 Å². The van der Waals surface area contributed by atoms with Crippen molar-refractivity contribution in [1.82, 2.24) is 10.6 Å². The predicted octanol–water partition coefficient (Wildman–Crippen LogP) is 2.32. The van der Waals surface area contributed by atoms with Crippen LogP contribution in [0.5, 0.6) is 5.75 Å². The summed E-state index contributed by atoms with van der Waals surface area (Å²) in [6.07, 6.45) is 0.489. The minimum absolute atomic E-state index is 0.0959. The smallest absolute Gasteiger partial charge is 0.407 e. The molecule has 2 N–H and O–H groups in total. The summed E-state index contributed by atoms with van der Waals surface area (Å²) >= 11 is 0. The van der Waals surface area contributed by atoms with Gasteiger partial charge in [-0.1, -0.05) is 6.07 Å². The fourth-order valence-electron chi connectivity index (χ4n) is 2.24. The van der Waals surface area contributed by atoms with E-state index in [0.29, 0.717) is 17.9 Å². The minimum Gasteiger partial charge on any atom is -0.495 e. The average Bonchev–Trinajstić information content (AvgIpc) is 3.20. The van der Waals surface area contributed by atoms with E-state index in [2.05, 4.69) is 16.7 Å². The van der Waals surface area contributed by atoms with Crippen molar-refractivity contribution in [3.05, 3.63) is 29.3 Å². The molecule has 0 aliphatic heterocycles. The van der Waals surface area contributed by atoms with Crippen molar-refractivity contribution in [1.29, 1.82) is 5.26 Å². The van der Waals surface area contributed by atoms with Gasteiger partial charge in [0.1, 0.15) is 17.4 Å². The van der Waals surface area contributed by atoms with Crippen molar-refractivity contribution in [2.24, 2.45) is 0 Å². The number of carbonyl (C=O) groups excluding carboxylic acids is 1. The average molecular weight is 317 g/mol. The first kappa shape index (κ1) is 17.1. The molecular weight excluding hydrogens is 294 g/mol. The van der Waals surface area contributed by atoms with Crippen LogP contribution in [0.4, 0.5) is 4.79 Å². The number of alkyl carbamates (subject to hydrolysis) is 1. The van der Waals surface area contributed by atoms with Gasteiger partial charge in [0.2, 0.25) is 0 Å². The van der Waals surface area contributed by atoms with Gasteiger partial charge >= 0.3 is 6.09 Å². The molecule has 0 radical (unpaired) electrons. The first-order valence-electron chi connectivity index (χ1n) is 7.62. The molecule has 6 heteroatoms. The maximum Gasteiger partial charge on any atom is 0.407 e. The Bertz CT molecular complexity index is 616. The Morgan fingerprint density at radius 3 is 2.74 bits per heavy atom. The maximum absolute atomic E-state index is 11.7. The van der Waals surface area contributed by atoms with E-state index in [9.17, 15) is 4.79 Å². The highest BCUT2D eigenvalue weighted by molar-refractivity contribution is 5.68. The number of amides is 1. The minimum atomic E-state index is -0.487. The second-order valence-electron chi connectivity index (χ2n) is 6.62. The Hall–Kier alpha value is -2.26. The van der Waals surface area contributed by atoms with Crippen molar-refractivity contribution in [2.75, 3.05) is 7.11 Å². The van der Waals surface area contributed by atoms with Gasteiger partial charge in [0.05, 0.1) is 12.7 Å². The Morgan fingerprint density at radius 1 is 1.39 bits per heavy atom. The number of nitriles is 1. The third-order valence-electron chi connectivity index (χ3n) is 3.45. The summed E-state index contributed by atoms with van der Waals surface area (Å²) in [5, 5.41) is 15.3. The quantitative estimate of drug-likeness (QED) is 0.871. The molecule has 2 rings (SSSR count). The third kappa shape index (κ3) is 5.15. The molecule has 2 atom stereocenters. The molecular formula is C17H23N3O3. The number of benzene rings is 1. The number of nitrogens with zero attached hydrogens (tertiary/aromatic N) is 1. The van der Waals surface area contributed by atoms with Gasteiger partial charge < -0.3 is 20.1 Å². The van der Waals surface area contributed by atoms with E-state index in [0.717, 1.165) is 12.0 Å². The zero-order chi connectivity index (χ0) is 17.0. The van der Waals surface area contributed by atoms with Gasteiger partial charge in [-0.05, 0) is 44.9 Å². The van der Waals surface area contributed by atoms with Crippen molar-refractivity contribution in [3.8, 4) is 11.8 Å². The van der Waals surface area contributed by atoms with E-state index in [1.807, 2.05) is 32.9 Å². The fourth-order valence-corrected chi connectivity index (χ4v) is 2.24. The van der Waals surface area contributed by atoms with Crippen LogP contribution < -0.4 is 15.4 Å². The number of methoxy groups -OCH3 is 1. The second-order valence-corrected chi connectivity index (χ2v) is 6.62. The SMILES string of the molecule is COc1ccc(CNC2CC2NC(=O)OC(C)(C)C)cc1C#N. The lowest BCUT2D eigenvalue weighted by atomic mass is 10.1. The summed E-state index contributed by atoms with van der Waals surface area (Å²) in [6.45, 7) is 6.15. The fraction of sp³-hybridized carbons (Fsp3) is 0.529. The zero-order valence-corrected chi connectivity index (χ0v) is 14.0. The highest BCUT2D eigenvalue weighted by Crippen LogP contribution is 2.23. The van der Waals surface area contributed by atoms with Crippen LogP contribution in [0.15, 0.2) is 18.2 Å². The summed E-state index contributed by atoms with van der Waals surface area (Å²) in [5.41, 5.74) is 1.04. The lowest BCUT2D eigenvalue weighted by molar-refractivity contribution is 0.0522. The number of carbonyl (C=O) groups is 1. The number of ether oxygens (including phenoxy) is 2. The molecule has 0 aromatic heterocycles. The highest BCUT2D eigenvalue weighted by atomic mass is 16.6. The third-order valence-corrected chi connectivity index (χ3v) is 3.45. The monoisotopic (exact) mass is 317 g/mol. The maximum atomic E-state index is 11.7. The van der Waals surface area contributed by atoms with E-state index in [1.165, 1.54) is 0 Å². The van der Waals surface area contributed by atoms with Crippen LogP contribution in [0.25, 0.3) is 0 Å². The summed E-state index contributed by atoms with van der Waals surface area (Å²) < 4.78 is 10.4. The number of hydrogen-bond acceptors (Lipinski definition) is 5. The molecule has 2 unspecified atom stereocenters. The Balaban J connectivity index is 1.78. The van der Waals surface area contributed by atoms with E-state index in [4.69, 9.17) is 14.7 Å². The molecule has 0 spiro atoms. The van der Waals surface area contributed by atoms with Crippen molar-refractivity contribution in [2.45, 2.75) is 51.4 Å². The Morgan fingerprint density at radius 2 is 2.13 bits per heavy atom. The lowest BCUT2D eigenvalue weighted by Crippen LogP contribution is -2.36. The standard InChI is InChI=1S/C17H23N3O3/c1-17(2,3)23-16(21)20-14-8-13(14)19-10-11-5-6-15(22-4)12(7-11)9-18/h5-7,13-14,19H,8,10H2,1-4H3,(H,20,21). The molecule has 23 heavy (non-hydrogen) atoms. The molecule has 1 aliphatic rings. The molecule has 1 saturated carbocycles. The molecule has 1 aromatic carbocycles. The van der Waals surface area contributed by atoms with Crippen LogP contribution in [0.3, 0.4) is 0 Å². The van der Waals surface area contributed by atoms with E-state index in [-0.39, 0.29) is 18.2 Å². The van der Waals surface area contributed by atoms with Crippen LogP contribution >= 0.6 is 0 Å².